The number of anilines is 2. The zero-order valence-electron chi connectivity index (χ0n) is 11.3. The number of hydrogen-bond donors (Lipinski definition) is 2. The summed E-state index contributed by atoms with van der Waals surface area (Å²) in [5.74, 6) is -1.02. The molecule has 1 rings (SSSR count). The molecule has 0 aliphatic rings. The third kappa shape index (κ3) is 6.74. The smallest absolute Gasteiger partial charge is 0.395 e. The molecule has 0 fully saturated rings. The quantitative estimate of drug-likeness (QED) is 0.769. The Bertz CT molecular complexity index is 492. The van der Waals surface area contributed by atoms with Crippen molar-refractivity contribution in [3.05, 3.63) is 5.82 Å². The van der Waals surface area contributed by atoms with Gasteiger partial charge in [0.1, 0.15) is 18.9 Å². The largest absolute Gasteiger partial charge is 0.406 e. The summed E-state index contributed by atoms with van der Waals surface area (Å²) in [6, 6.07) is 0. The SMILES string of the molecule is Cc1nc(NCC(F)(F)F)nc(N(CCO)CC(F)(F)F)n1. The lowest BCUT2D eigenvalue weighted by molar-refractivity contribution is -0.120. The maximum atomic E-state index is 12.5. The zero-order valence-corrected chi connectivity index (χ0v) is 11.3. The number of rotatable bonds is 6. The Kier molecular flexibility index (Phi) is 5.74. The number of nitrogens with one attached hydrogen (secondary N) is 1. The number of nitrogens with zero attached hydrogens (tertiary/aromatic N) is 4. The molecule has 0 saturated carbocycles. The summed E-state index contributed by atoms with van der Waals surface area (Å²) in [5, 5.41) is 10.7. The van der Waals surface area contributed by atoms with Gasteiger partial charge < -0.3 is 15.3 Å². The second-order valence-corrected chi connectivity index (χ2v) is 4.24. The van der Waals surface area contributed by atoms with E-state index >= 15 is 0 Å². The van der Waals surface area contributed by atoms with Gasteiger partial charge in [0.25, 0.3) is 0 Å². The minimum atomic E-state index is -4.59. The van der Waals surface area contributed by atoms with Crippen LogP contribution < -0.4 is 10.2 Å². The van der Waals surface area contributed by atoms with Gasteiger partial charge in [0.2, 0.25) is 11.9 Å². The summed E-state index contributed by atoms with van der Waals surface area (Å²) in [6.07, 6.45) is -9.12. The van der Waals surface area contributed by atoms with Crippen molar-refractivity contribution in [2.75, 3.05) is 36.5 Å². The van der Waals surface area contributed by atoms with E-state index in [0.717, 1.165) is 0 Å². The van der Waals surface area contributed by atoms with E-state index < -0.39 is 50.5 Å². The molecule has 0 atom stereocenters. The van der Waals surface area contributed by atoms with Gasteiger partial charge in [0, 0.05) is 6.54 Å². The summed E-state index contributed by atoms with van der Waals surface area (Å²) in [6.45, 7) is -2.62. The first kappa shape index (κ1) is 18.2. The predicted molar refractivity (Wildman–Crippen MR) is 64.5 cm³/mol. The standard InChI is InChI=1S/C10H13F6N5O/c1-6-18-7(17-4-9(11,12)13)20-8(19-6)21(2-3-22)5-10(14,15)16/h22H,2-5H2,1H3,(H,17,18,19,20). The number of hydrogen-bond acceptors (Lipinski definition) is 6. The van der Waals surface area contributed by atoms with Crippen LogP contribution in [-0.4, -0.2) is 58.7 Å². The van der Waals surface area contributed by atoms with Crippen LogP contribution in [0.3, 0.4) is 0 Å². The first-order chi connectivity index (χ1) is 10.00. The highest BCUT2D eigenvalue weighted by atomic mass is 19.4. The molecule has 1 aromatic heterocycles. The molecule has 1 heterocycles. The molecule has 22 heavy (non-hydrogen) atoms. The van der Waals surface area contributed by atoms with E-state index in [0.29, 0.717) is 4.90 Å². The fourth-order valence-corrected chi connectivity index (χ4v) is 1.45. The van der Waals surface area contributed by atoms with Gasteiger partial charge in [-0.1, -0.05) is 0 Å². The maximum Gasteiger partial charge on any atom is 0.406 e. The molecule has 0 radical (unpaired) electrons. The average molecular weight is 333 g/mol. The highest BCUT2D eigenvalue weighted by molar-refractivity contribution is 5.37. The number of aliphatic hydroxyl groups excluding tert-OH is 1. The zero-order chi connectivity index (χ0) is 17.0. The van der Waals surface area contributed by atoms with Gasteiger partial charge in [-0.25, -0.2) is 0 Å². The van der Waals surface area contributed by atoms with E-state index in [1.807, 2.05) is 5.32 Å². The van der Waals surface area contributed by atoms with Crippen LogP contribution in [0.2, 0.25) is 0 Å². The molecule has 0 saturated heterocycles. The van der Waals surface area contributed by atoms with Gasteiger partial charge in [0.05, 0.1) is 6.61 Å². The molecule has 126 valence electrons. The van der Waals surface area contributed by atoms with Gasteiger partial charge in [-0.2, -0.15) is 41.3 Å². The van der Waals surface area contributed by atoms with Crippen LogP contribution in [0.25, 0.3) is 0 Å². The molecular weight excluding hydrogens is 320 g/mol. The van der Waals surface area contributed by atoms with Crippen LogP contribution in [-0.2, 0) is 0 Å². The first-order valence-corrected chi connectivity index (χ1v) is 5.96. The van der Waals surface area contributed by atoms with Gasteiger partial charge in [-0.15, -0.1) is 0 Å². The van der Waals surface area contributed by atoms with Gasteiger partial charge >= 0.3 is 12.4 Å². The normalized spacial score (nSPS) is 12.4. The first-order valence-electron chi connectivity index (χ1n) is 5.96. The van der Waals surface area contributed by atoms with Gasteiger partial charge in [-0.3, -0.25) is 0 Å². The molecule has 12 heteroatoms. The predicted octanol–water partition coefficient (Wildman–Crippen LogP) is 1.52. The third-order valence-corrected chi connectivity index (χ3v) is 2.21. The summed E-state index contributed by atoms with van der Waals surface area (Å²) in [7, 11) is 0. The lowest BCUT2D eigenvalue weighted by Gasteiger charge is -2.23. The van der Waals surface area contributed by atoms with E-state index in [2.05, 4.69) is 15.0 Å². The average Bonchev–Trinajstić information content (AvgIpc) is 2.33. The summed E-state index contributed by atoms with van der Waals surface area (Å²) in [4.78, 5) is 11.4. The molecule has 6 nitrogen and oxygen atoms in total. The lowest BCUT2D eigenvalue weighted by Crippen LogP contribution is -2.37. The van der Waals surface area contributed by atoms with E-state index in [9.17, 15) is 26.3 Å². The Morgan fingerprint density at radius 3 is 2.18 bits per heavy atom. The second-order valence-electron chi connectivity index (χ2n) is 4.24. The number of alkyl halides is 6. The number of aliphatic hydroxyl groups is 1. The highest BCUT2D eigenvalue weighted by Gasteiger charge is 2.32. The van der Waals surface area contributed by atoms with E-state index in [-0.39, 0.29) is 5.82 Å². The van der Waals surface area contributed by atoms with Crippen molar-refractivity contribution >= 4 is 11.9 Å². The van der Waals surface area contributed by atoms with Crippen molar-refractivity contribution in [1.82, 2.24) is 15.0 Å². The minimum absolute atomic E-state index is 0.0558. The number of aromatic nitrogens is 3. The fraction of sp³-hybridized carbons (Fsp3) is 0.700. The third-order valence-electron chi connectivity index (χ3n) is 2.21. The Hall–Kier alpha value is -1.85. The van der Waals surface area contributed by atoms with E-state index in [1.165, 1.54) is 6.92 Å². The molecule has 0 aliphatic carbocycles. The topological polar surface area (TPSA) is 74.2 Å². The highest BCUT2D eigenvalue weighted by Crippen LogP contribution is 2.21. The van der Waals surface area contributed by atoms with Crippen molar-refractivity contribution in [2.45, 2.75) is 19.3 Å². The molecular formula is C10H13F6N5O. The van der Waals surface area contributed by atoms with E-state index in [4.69, 9.17) is 5.11 Å². The van der Waals surface area contributed by atoms with E-state index in [1.54, 1.807) is 0 Å². The molecule has 1 aromatic rings. The van der Waals surface area contributed by atoms with Crippen LogP contribution in [0.4, 0.5) is 38.2 Å². The molecule has 0 bridgehead atoms. The van der Waals surface area contributed by atoms with Crippen LogP contribution in [0.5, 0.6) is 0 Å². The lowest BCUT2D eigenvalue weighted by atomic mass is 10.5. The molecule has 0 aromatic carbocycles. The van der Waals surface area contributed by atoms with Crippen molar-refractivity contribution in [3.8, 4) is 0 Å². The van der Waals surface area contributed by atoms with Crippen LogP contribution in [0.1, 0.15) is 5.82 Å². The molecule has 0 aliphatic heterocycles. The number of aryl methyl sites for hydroxylation is 1. The van der Waals surface area contributed by atoms with Crippen molar-refractivity contribution in [2.24, 2.45) is 0 Å². The summed E-state index contributed by atoms with van der Waals surface area (Å²) in [5.41, 5.74) is 0. The van der Waals surface area contributed by atoms with Crippen molar-refractivity contribution < 1.29 is 31.4 Å². The molecule has 0 spiro atoms. The van der Waals surface area contributed by atoms with Gasteiger partial charge in [-0.05, 0) is 6.92 Å². The van der Waals surface area contributed by atoms with Crippen LogP contribution in [0.15, 0.2) is 0 Å². The number of halogens is 6. The van der Waals surface area contributed by atoms with Crippen LogP contribution >= 0.6 is 0 Å². The summed E-state index contributed by atoms with van der Waals surface area (Å²) >= 11 is 0. The second kappa shape index (κ2) is 6.94. The van der Waals surface area contributed by atoms with Crippen molar-refractivity contribution in [1.29, 1.82) is 0 Å². The Labute approximate surface area is 121 Å². The molecule has 2 N–H and O–H groups in total. The van der Waals surface area contributed by atoms with Crippen LogP contribution in [0, 0.1) is 6.92 Å². The van der Waals surface area contributed by atoms with Gasteiger partial charge in [0.15, 0.2) is 0 Å². The monoisotopic (exact) mass is 333 g/mol. The Balaban J connectivity index is 2.98. The molecule has 0 unspecified atom stereocenters. The minimum Gasteiger partial charge on any atom is -0.395 e. The maximum absolute atomic E-state index is 12.5. The molecule has 0 amide bonds. The Morgan fingerprint density at radius 2 is 1.68 bits per heavy atom. The Morgan fingerprint density at radius 1 is 1.05 bits per heavy atom. The van der Waals surface area contributed by atoms with Crippen molar-refractivity contribution in [3.63, 3.8) is 0 Å². The summed E-state index contributed by atoms with van der Waals surface area (Å²) < 4.78 is 73.7. The fourth-order valence-electron chi connectivity index (χ4n) is 1.45.